The van der Waals surface area contributed by atoms with Crippen molar-refractivity contribution in [1.82, 2.24) is 0 Å². The molecule has 1 aromatic carbocycles. The van der Waals surface area contributed by atoms with Crippen molar-refractivity contribution >= 4 is 5.69 Å². The molecule has 0 bridgehead atoms. The maximum absolute atomic E-state index is 8.64. The zero-order chi connectivity index (χ0) is 9.97. The molecule has 1 aliphatic heterocycles. The third-order valence-electron chi connectivity index (χ3n) is 2.57. The summed E-state index contributed by atoms with van der Waals surface area (Å²) in [4.78, 5) is 2.18. The van der Waals surface area contributed by atoms with Gasteiger partial charge in [0.25, 0.3) is 0 Å². The van der Waals surface area contributed by atoms with Gasteiger partial charge in [0, 0.05) is 18.8 Å². The van der Waals surface area contributed by atoms with Crippen LogP contribution < -0.4 is 10.6 Å². The number of fused-ring (bicyclic) bond motifs is 1. The van der Waals surface area contributed by atoms with Gasteiger partial charge in [0.05, 0.1) is 6.07 Å². The highest BCUT2D eigenvalue weighted by Crippen LogP contribution is 2.26. The molecule has 3 nitrogen and oxygen atoms in total. The predicted molar refractivity (Wildman–Crippen MR) is 55.9 cm³/mol. The van der Waals surface area contributed by atoms with Crippen LogP contribution in [-0.4, -0.2) is 19.1 Å². The second-order valence-corrected chi connectivity index (χ2v) is 3.56. The first kappa shape index (κ1) is 9.04. The minimum atomic E-state index is -0.388. The highest BCUT2D eigenvalue weighted by molar-refractivity contribution is 5.58. The van der Waals surface area contributed by atoms with E-state index in [9.17, 15) is 0 Å². The van der Waals surface area contributed by atoms with Crippen molar-refractivity contribution < 1.29 is 0 Å². The Morgan fingerprint density at radius 2 is 2.29 bits per heavy atom. The fraction of sp³-hybridized carbons (Fsp3) is 0.364. The highest BCUT2D eigenvalue weighted by Gasteiger charge is 2.19. The first-order valence-corrected chi connectivity index (χ1v) is 4.79. The maximum atomic E-state index is 8.64. The minimum Gasteiger partial charge on any atom is -0.368 e. The van der Waals surface area contributed by atoms with Crippen LogP contribution in [0.25, 0.3) is 0 Å². The molecular weight excluding hydrogens is 174 g/mol. The van der Waals surface area contributed by atoms with Crippen LogP contribution >= 0.6 is 0 Å². The summed E-state index contributed by atoms with van der Waals surface area (Å²) in [6.45, 7) is 1.61. The summed E-state index contributed by atoms with van der Waals surface area (Å²) in [5.74, 6) is 0. The normalized spacial score (nSPS) is 16.1. The van der Waals surface area contributed by atoms with Gasteiger partial charge in [-0.05, 0) is 18.1 Å². The molecular formula is C11H13N3. The van der Waals surface area contributed by atoms with Crippen molar-refractivity contribution in [3.63, 3.8) is 0 Å². The van der Waals surface area contributed by atoms with E-state index in [0.717, 1.165) is 13.0 Å². The summed E-state index contributed by atoms with van der Waals surface area (Å²) in [6, 6.07) is 9.96. The standard InChI is InChI=1S/C11H13N3/c12-7-10(13)8-14-6-5-9-3-1-2-4-11(9)14/h1-4,10H,5-6,8,13H2. The van der Waals surface area contributed by atoms with E-state index < -0.39 is 0 Å². The second-order valence-electron chi connectivity index (χ2n) is 3.56. The smallest absolute Gasteiger partial charge is 0.110 e. The molecule has 0 fully saturated rings. The molecule has 1 heterocycles. The van der Waals surface area contributed by atoms with Gasteiger partial charge in [-0.2, -0.15) is 5.26 Å². The Labute approximate surface area is 83.7 Å². The average Bonchev–Trinajstić information content (AvgIpc) is 2.62. The number of nitrogens with two attached hydrogens (primary N) is 1. The summed E-state index contributed by atoms with van der Waals surface area (Å²) in [5, 5.41) is 8.64. The molecule has 1 aromatic rings. The van der Waals surface area contributed by atoms with Crippen LogP contribution in [0.5, 0.6) is 0 Å². The number of nitrogens with zero attached hydrogens (tertiary/aromatic N) is 2. The Morgan fingerprint density at radius 3 is 3.07 bits per heavy atom. The number of nitriles is 1. The van der Waals surface area contributed by atoms with Crippen molar-refractivity contribution in [2.75, 3.05) is 18.0 Å². The Hall–Kier alpha value is -1.53. The molecule has 0 saturated carbocycles. The lowest BCUT2D eigenvalue weighted by molar-refractivity contribution is 0.749. The second kappa shape index (κ2) is 3.69. The van der Waals surface area contributed by atoms with Crippen LogP contribution in [0.15, 0.2) is 24.3 Å². The van der Waals surface area contributed by atoms with E-state index in [1.165, 1.54) is 11.3 Å². The Kier molecular flexibility index (Phi) is 2.38. The van der Waals surface area contributed by atoms with Crippen molar-refractivity contribution in [3.05, 3.63) is 29.8 Å². The number of hydrogen-bond acceptors (Lipinski definition) is 3. The number of anilines is 1. The Balaban J connectivity index is 2.15. The predicted octanol–water partition coefficient (Wildman–Crippen LogP) is 0.900. The van der Waals surface area contributed by atoms with Crippen LogP contribution in [0.2, 0.25) is 0 Å². The van der Waals surface area contributed by atoms with Crippen molar-refractivity contribution in [3.8, 4) is 6.07 Å². The molecule has 0 saturated heterocycles. The molecule has 1 unspecified atom stereocenters. The molecule has 3 heteroatoms. The number of hydrogen-bond donors (Lipinski definition) is 1. The molecule has 0 amide bonds. The van der Waals surface area contributed by atoms with Gasteiger partial charge in [-0.15, -0.1) is 0 Å². The van der Waals surface area contributed by atoms with Gasteiger partial charge >= 0.3 is 0 Å². The molecule has 0 radical (unpaired) electrons. The lowest BCUT2D eigenvalue weighted by Crippen LogP contribution is -2.35. The van der Waals surface area contributed by atoms with Crippen LogP contribution in [0.4, 0.5) is 5.69 Å². The fourth-order valence-corrected chi connectivity index (χ4v) is 1.87. The summed E-state index contributed by atoms with van der Waals surface area (Å²) in [7, 11) is 0. The molecule has 0 aromatic heterocycles. The van der Waals surface area contributed by atoms with Crippen molar-refractivity contribution in [1.29, 1.82) is 5.26 Å². The number of rotatable bonds is 2. The fourth-order valence-electron chi connectivity index (χ4n) is 1.87. The lowest BCUT2D eigenvalue weighted by Gasteiger charge is -2.20. The van der Waals surface area contributed by atoms with E-state index in [-0.39, 0.29) is 6.04 Å². The minimum absolute atomic E-state index is 0.388. The van der Waals surface area contributed by atoms with Crippen molar-refractivity contribution in [2.24, 2.45) is 5.73 Å². The van der Waals surface area contributed by atoms with Gasteiger partial charge < -0.3 is 10.6 Å². The van der Waals surface area contributed by atoms with E-state index in [0.29, 0.717) is 6.54 Å². The van der Waals surface area contributed by atoms with Gasteiger partial charge in [0.15, 0.2) is 0 Å². The molecule has 1 aliphatic rings. The highest BCUT2D eigenvalue weighted by atomic mass is 15.2. The SMILES string of the molecule is N#CC(N)CN1CCc2ccccc21. The molecule has 2 N–H and O–H groups in total. The van der Waals surface area contributed by atoms with E-state index in [4.69, 9.17) is 11.0 Å². The van der Waals surface area contributed by atoms with Crippen LogP contribution in [0, 0.1) is 11.3 Å². The summed E-state index contributed by atoms with van der Waals surface area (Å²) < 4.78 is 0. The van der Waals surface area contributed by atoms with Crippen LogP contribution in [-0.2, 0) is 6.42 Å². The van der Waals surface area contributed by atoms with Crippen LogP contribution in [0.3, 0.4) is 0 Å². The zero-order valence-corrected chi connectivity index (χ0v) is 7.98. The maximum Gasteiger partial charge on any atom is 0.110 e. The van der Waals surface area contributed by atoms with Gasteiger partial charge in [-0.3, -0.25) is 0 Å². The Bertz CT molecular complexity index is 367. The quantitative estimate of drug-likeness (QED) is 0.748. The van der Waals surface area contributed by atoms with Gasteiger partial charge in [-0.1, -0.05) is 18.2 Å². The monoisotopic (exact) mass is 187 g/mol. The van der Waals surface area contributed by atoms with Gasteiger partial charge in [-0.25, -0.2) is 0 Å². The largest absolute Gasteiger partial charge is 0.368 e. The van der Waals surface area contributed by atoms with E-state index >= 15 is 0 Å². The third-order valence-corrected chi connectivity index (χ3v) is 2.57. The summed E-state index contributed by atoms with van der Waals surface area (Å²) in [5.41, 5.74) is 8.20. The Morgan fingerprint density at radius 1 is 1.50 bits per heavy atom. The van der Waals surface area contributed by atoms with E-state index in [2.05, 4.69) is 23.1 Å². The van der Waals surface area contributed by atoms with Crippen molar-refractivity contribution in [2.45, 2.75) is 12.5 Å². The molecule has 72 valence electrons. The van der Waals surface area contributed by atoms with Gasteiger partial charge in [0.2, 0.25) is 0 Å². The van der Waals surface area contributed by atoms with Crippen LogP contribution in [0.1, 0.15) is 5.56 Å². The van der Waals surface area contributed by atoms with E-state index in [1.54, 1.807) is 0 Å². The molecule has 0 aliphatic carbocycles. The summed E-state index contributed by atoms with van der Waals surface area (Å²) in [6.07, 6.45) is 1.06. The number of para-hydroxylation sites is 1. The summed E-state index contributed by atoms with van der Waals surface area (Å²) >= 11 is 0. The number of benzene rings is 1. The molecule has 0 spiro atoms. The molecule has 1 atom stereocenters. The molecule has 2 rings (SSSR count). The topological polar surface area (TPSA) is 53.1 Å². The zero-order valence-electron chi connectivity index (χ0n) is 7.98. The average molecular weight is 187 g/mol. The molecule has 14 heavy (non-hydrogen) atoms. The van der Waals surface area contributed by atoms with Gasteiger partial charge in [0.1, 0.15) is 6.04 Å². The lowest BCUT2D eigenvalue weighted by atomic mass is 10.2. The van der Waals surface area contributed by atoms with E-state index in [1.807, 2.05) is 12.1 Å². The first-order chi connectivity index (χ1) is 6.81. The third kappa shape index (κ3) is 1.57. The first-order valence-electron chi connectivity index (χ1n) is 4.79.